The summed E-state index contributed by atoms with van der Waals surface area (Å²) in [5.41, 5.74) is -0.389. The van der Waals surface area contributed by atoms with Gasteiger partial charge in [-0.15, -0.1) is 0 Å². The van der Waals surface area contributed by atoms with Crippen LogP contribution in [-0.4, -0.2) is 22.8 Å². The maximum atomic E-state index is 14.2. The first-order valence-corrected chi connectivity index (χ1v) is 13.8. The van der Waals surface area contributed by atoms with Gasteiger partial charge < -0.3 is 5.11 Å². The van der Waals surface area contributed by atoms with E-state index in [0.29, 0.717) is 48.1 Å². The Morgan fingerprint density at radius 3 is 2.09 bits per heavy atom. The first-order chi connectivity index (χ1) is 15.1. The lowest BCUT2D eigenvalue weighted by Gasteiger charge is -2.75. The van der Waals surface area contributed by atoms with Crippen LogP contribution in [0.5, 0.6) is 0 Å². The molecule has 10 atom stereocenters. The summed E-state index contributed by atoms with van der Waals surface area (Å²) in [4.78, 5) is 27.0. The molecule has 0 bridgehead atoms. The van der Waals surface area contributed by atoms with Crippen molar-refractivity contribution in [3.63, 3.8) is 0 Å². The lowest BCUT2D eigenvalue weighted by molar-refractivity contribution is -0.281. The summed E-state index contributed by atoms with van der Waals surface area (Å²) >= 11 is 0. The summed E-state index contributed by atoms with van der Waals surface area (Å²) in [7, 11) is 0. The molecular formula is C30H48O3. The van der Waals surface area contributed by atoms with Crippen molar-refractivity contribution in [2.75, 3.05) is 0 Å². The Bertz CT molecular complexity index is 891. The number of aliphatic hydroxyl groups excluding tert-OH is 1. The minimum Gasteiger partial charge on any atom is -0.393 e. The van der Waals surface area contributed by atoms with Gasteiger partial charge in [0.2, 0.25) is 0 Å². The fourth-order valence-corrected chi connectivity index (χ4v) is 11.1. The van der Waals surface area contributed by atoms with Gasteiger partial charge >= 0.3 is 0 Å². The van der Waals surface area contributed by atoms with Crippen molar-refractivity contribution in [2.24, 2.45) is 56.2 Å². The largest absolute Gasteiger partial charge is 0.393 e. The molecule has 5 fully saturated rings. The summed E-state index contributed by atoms with van der Waals surface area (Å²) in [5, 5.41) is 12.2. The normalized spacial score (nSPS) is 58.0. The number of hydrogen-bond acceptors (Lipinski definition) is 3. The molecule has 0 aromatic rings. The van der Waals surface area contributed by atoms with Gasteiger partial charge in [0, 0.05) is 30.1 Å². The van der Waals surface area contributed by atoms with E-state index in [1.54, 1.807) is 0 Å². The average molecular weight is 457 g/mol. The van der Waals surface area contributed by atoms with Crippen LogP contribution >= 0.6 is 0 Å². The van der Waals surface area contributed by atoms with Crippen LogP contribution in [0, 0.1) is 56.2 Å². The third-order valence-corrected chi connectivity index (χ3v) is 13.4. The molecule has 3 nitrogen and oxygen atoms in total. The number of carbonyl (C=O) groups excluding carboxylic acids is 2. The predicted molar refractivity (Wildman–Crippen MR) is 132 cm³/mol. The Kier molecular flexibility index (Phi) is 4.90. The summed E-state index contributed by atoms with van der Waals surface area (Å²) in [6, 6.07) is 0. The molecule has 0 aromatic heterocycles. The summed E-state index contributed by atoms with van der Waals surface area (Å²) in [5.74, 6) is 1.41. The van der Waals surface area contributed by atoms with Crippen molar-refractivity contribution in [3.8, 4) is 0 Å². The highest BCUT2D eigenvalue weighted by atomic mass is 16.3. The number of Topliss-reactive ketones (excluding diaryl/α,β-unsaturated/α-hetero) is 2. The maximum absolute atomic E-state index is 14.2. The number of ketones is 2. The Hall–Kier alpha value is -0.700. The molecule has 0 spiro atoms. The van der Waals surface area contributed by atoms with E-state index >= 15 is 0 Å². The number of fused-ring (bicyclic) bond motifs is 7. The number of rotatable bonds is 0. The fourth-order valence-electron chi connectivity index (χ4n) is 11.1. The molecule has 33 heavy (non-hydrogen) atoms. The van der Waals surface area contributed by atoms with E-state index in [1.807, 2.05) is 0 Å². The zero-order chi connectivity index (χ0) is 24.4. The molecule has 5 aliphatic carbocycles. The number of carbonyl (C=O) groups is 2. The van der Waals surface area contributed by atoms with Gasteiger partial charge in [0.05, 0.1) is 6.10 Å². The first-order valence-electron chi connectivity index (χ1n) is 13.8. The molecule has 186 valence electrons. The van der Waals surface area contributed by atoms with E-state index in [-0.39, 0.29) is 38.9 Å². The van der Waals surface area contributed by atoms with Crippen LogP contribution in [0.4, 0.5) is 0 Å². The molecule has 0 heterocycles. The van der Waals surface area contributed by atoms with E-state index in [1.165, 1.54) is 19.3 Å². The second-order valence-electron chi connectivity index (χ2n) is 15.4. The van der Waals surface area contributed by atoms with Crippen LogP contribution in [-0.2, 0) is 9.59 Å². The molecule has 0 amide bonds. The zero-order valence-corrected chi connectivity index (χ0v) is 22.5. The standard InChI is InChI=1S/C30H48O3/c1-18-19(31)9-10-21-27(18,5)15-20(32)24-28(21,6)17-23(33)30(8)22-16-25(2,3)11-12-26(22,4)13-14-29(24,30)7/h18,21-24,33H,9-17H2,1-8H3/t18-,21+,22+,23-,24+,26+,27+,28-,29+,30+/m0/s1. The second kappa shape index (κ2) is 6.74. The fraction of sp³-hybridized carbons (Fsp3) is 0.933. The third kappa shape index (κ3) is 2.78. The summed E-state index contributed by atoms with van der Waals surface area (Å²) in [6.45, 7) is 18.6. The smallest absolute Gasteiger partial charge is 0.137 e. The van der Waals surface area contributed by atoms with Crippen molar-refractivity contribution in [3.05, 3.63) is 0 Å². The van der Waals surface area contributed by atoms with Crippen molar-refractivity contribution >= 4 is 11.6 Å². The minimum absolute atomic E-state index is 0.00790. The van der Waals surface area contributed by atoms with Gasteiger partial charge in [-0.1, -0.05) is 55.4 Å². The maximum Gasteiger partial charge on any atom is 0.137 e. The number of aliphatic hydroxyl groups is 1. The average Bonchev–Trinajstić information content (AvgIpc) is 2.69. The molecule has 0 radical (unpaired) electrons. The SMILES string of the molecule is C[C@H]1C(=O)CC[C@H]2[C@]3(C)C[C@H](O)[C@@]4(C)[C@@H]5CC(C)(C)CC[C@]5(C)CC[C@]4(C)[C@@H]3C(=O)C[C@@]21C. The Morgan fingerprint density at radius 2 is 1.42 bits per heavy atom. The van der Waals surface area contributed by atoms with Crippen molar-refractivity contribution in [1.82, 2.24) is 0 Å². The van der Waals surface area contributed by atoms with Gasteiger partial charge in [0.1, 0.15) is 11.6 Å². The Balaban J connectivity index is 1.64. The summed E-state index contributed by atoms with van der Waals surface area (Å²) < 4.78 is 0. The zero-order valence-electron chi connectivity index (χ0n) is 22.5. The van der Waals surface area contributed by atoms with E-state index in [2.05, 4.69) is 55.4 Å². The lowest BCUT2D eigenvalue weighted by Crippen LogP contribution is -2.73. The van der Waals surface area contributed by atoms with Gasteiger partial charge in [-0.3, -0.25) is 9.59 Å². The van der Waals surface area contributed by atoms with E-state index in [9.17, 15) is 14.7 Å². The molecule has 5 rings (SSSR count). The lowest BCUT2D eigenvalue weighted by atomic mass is 9.29. The van der Waals surface area contributed by atoms with Crippen LogP contribution in [0.15, 0.2) is 0 Å². The van der Waals surface area contributed by atoms with Gasteiger partial charge in [0.25, 0.3) is 0 Å². The van der Waals surface area contributed by atoms with E-state index in [0.717, 1.165) is 19.3 Å². The van der Waals surface area contributed by atoms with Gasteiger partial charge in [-0.05, 0) is 83.9 Å². The van der Waals surface area contributed by atoms with E-state index in [4.69, 9.17) is 0 Å². The molecular weight excluding hydrogens is 408 g/mol. The highest BCUT2D eigenvalue weighted by Gasteiger charge is 2.75. The Labute approximate surface area is 201 Å². The summed E-state index contributed by atoms with van der Waals surface area (Å²) in [6.07, 6.45) is 8.23. The van der Waals surface area contributed by atoms with Crippen molar-refractivity contribution in [1.29, 1.82) is 0 Å². The van der Waals surface area contributed by atoms with Crippen LogP contribution in [0.1, 0.15) is 113 Å². The van der Waals surface area contributed by atoms with Crippen LogP contribution < -0.4 is 0 Å². The molecule has 5 saturated carbocycles. The van der Waals surface area contributed by atoms with Gasteiger partial charge in [-0.25, -0.2) is 0 Å². The van der Waals surface area contributed by atoms with Crippen LogP contribution in [0.2, 0.25) is 0 Å². The molecule has 1 N–H and O–H groups in total. The van der Waals surface area contributed by atoms with Crippen LogP contribution in [0.25, 0.3) is 0 Å². The number of hydrogen-bond donors (Lipinski definition) is 1. The molecule has 0 aromatic carbocycles. The van der Waals surface area contributed by atoms with Crippen molar-refractivity contribution in [2.45, 2.75) is 119 Å². The topological polar surface area (TPSA) is 54.4 Å². The van der Waals surface area contributed by atoms with Crippen molar-refractivity contribution < 1.29 is 14.7 Å². The van der Waals surface area contributed by atoms with E-state index < -0.39 is 6.10 Å². The molecule has 5 aliphatic rings. The second-order valence-corrected chi connectivity index (χ2v) is 15.4. The Morgan fingerprint density at radius 1 is 0.788 bits per heavy atom. The highest BCUT2D eigenvalue weighted by molar-refractivity contribution is 5.88. The van der Waals surface area contributed by atoms with Crippen LogP contribution in [0.3, 0.4) is 0 Å². The quantitative estimate of drug-likeness (QED) is 0.446. The molecule has 0 saturated heterocycles. The minimum atomic E-state index is -0.398. The van der Waals surface area contributed by atoms with Gasteiger partial charge in [0.15, 0.2) is 0 Å². The van der Waals surface area contributed by atoms with Gasteiger partial charge in [-0.2, -0.15) is 0 Å². The third-order valence-electron chi connectivity index (χ3n) is 13.4. The monoisotopic (exact) mass is 456 g/mol. The molecule has 0 unspecified atom stereocenters. The highest BCUT2D eigenvalue weighted by Crippen LogP contribution is 2.77. The predicted octanol–water partition coefficient (Wildman–Crippen LogP) is 6.61. The molecule has 0 aliphatic heterocycles. The molecule has 3 heteroatoms. The first kappa shape index (κ1) is 24.0.